The highest BCUT2D eigenvalue weighted by Crippen LogP contribution is 2.33. The van der Waals surface area contributed by atoms with Crippen molar-refractivity contribution >= 4 is 16.6 Å². The second-order valence-corrected chi connectivity index (χ2v) is 7.95. The standard InChI is InChI=1S/C25H19F2N5O2/c1-28-15-10-17(14-5-8-22(27)30-13-14)23-18(11-15)25(33)32(24(31-23)20-4-3-9-29-20)16-6-7-21(34-2)19(26)12-16/h5-8,10-13,20,29H,3-4,9H2,2H3/t20-/m1/s1. The summed E-state index contributed by atoms with van der Waals surface area (Å²) in [6.45, 7) is 8.26. The summed E-state index contributed by atoms with van der Waals surface area (Å²) in [5.74, 6) is -0.744. The summed E-state index contributed by atoms with van der Waals surface area (Å²) in [6, 6.07) is 9.89. The number of halogens is 2. The van der Waals surface area contributed by atoms with Gasteiger partial charge in [0.25, 0.3) is 5.56 Å². The van der Waals surface area contributed by atoms with Crippen LogP contribution in [0.5, 0.6) is 5.75 Å². The van der Waals surface area contributed by atoms with Crippen LogP contribution in [0.15, 0.2) is 53.5 Å². The fraction of sp³-hybridized carbons (Fsp3) is 0.200. The molecule has 1 fully saturated rings. The first-order valence-electron chi connectivity index (χ1n) is 10.7. The van der Waals surface area contributed by atoms with Crippen molar-refractivity contribution in [1.29, 1.82) is 0 Å². The molecule has 0 aliphatic carbocycles. The van der Waals surface area contributed by atoms with Crippen LogP contribution in [-0.2, 0) is 0 Å². The maximum atomic E-state index is 14.6. The van der Waals surface area contributed by atoms with E-state index in [-0.39, 0.29) is 22.9 Å². The summed E-state index contributed by atoms with van der Waals surface area (Å²) >= 11 is 0. The van der Waals surface area contributed by atoms with E-state index >= 15 is 0 Å². The number of hydrogen-bond acceptors (Lipinski definition) is 5. The molecule has 0 spiro atoms. The van der Waals surface area contributed by atoms with Gasteiger partial charge < -0.3 is 10.1 Å². The van der Waals surface area contributed by atoms with E-state index in [1.165, 1.54) is 48.2 Å². The molecule has 7 nitrogen and oxygen atoms in total. The van der Waals surface area contributed by atoms with E-state index < -0.39 is 17.3 Å². The Kier molecular flexibility index (Phi) is 5.51. The molecule has 9 heteroatoms. The summed E-state index contributed by atoms with van der Waals surface area (Å²) in [5.41, 5.74) is 1.51. The minimum atomic E-state index is -0.637. The van der Waals surface area contributed by atoms with Crippen molar-refractivity contribution in [3.8, 4) is 22.6 Å². The number of benzene rings is 2. The highest BCUT2D eigenvalue weighted by Gasteiger charge is 2.25. The topological polar surface area (TPSA) is 73.4 Å². The van der Waals surface area contributed by atoms with Gasteiger partial charge in [0, 0.05) is 17.8 Å². The van der Waals surface area contributed by atoms with Gasteiger partial charge in [0.15, 0.2) is 17.3 Å². The third-order valence-electron chi connectivity index (χ3n) is 5.92. The number of fused-ring (bicyclic) bond motifs is 1. The van der Waals surface area contributed by atoms with Crippen molar-refractivity contribution in [2.75, 3.05) is 13.7 Å². The van der Waals surface area contributed by atoms with E-state index in [2.05, 4.69) is 15.1 Å². The lowest BCUT2D eigenvalue weighted by atomic mass is 10.0. The Morgan fingerprint density at radius 2 is 2.06 bits per heavy atom. The maximum absolute atomic E-state index is 14.6. The Morgan fingerprint density at radius 1 is 1.21 bits per heavy atom. The molecule has 4 aromatic rings. The minimum Gasteiger partial charge on any atom is -0.494 e. The quantitative estimate of drug-likeness (QED) is 0.354. The number of nitrogens with zero attached hydrogens (tertiary/aromatic N) is 4. The molecule has 1 aliphatic rings. The molecule has 2 aromatic heterocycles. The van der Waals surface area contributed by atoms with Crippen LogP contribution in [0, 0.1) is 18.3 Å². The number of nitrogens with one attached hydrogen (secondary N) is 1. The zero-order valence-electron chi connectivity index (χ0n) is 18.2. The molecule has 3 heterocycles. The number of hydrogen-bond donors (Lipinski definition) is 1. The zero-order chi connectivity index (χ0) is 23.8. The van der Waals surface area contributed by atoms with Gasteiger partial charge in [0.05, 0.1) is 36.3 Å². The zero-order valence-corrected chi connectivity index (χ0v) is 18.2. The van der Waals surface area contributed by atoms with Gasteiger partial charge in [-0.05, 0) is 61.3 Å². The molecule has 1 atom stereocenters. The number of rotatable bonds is 4. The van der Waals surface area contributed by atoms with Crippen molar-refractivity contribution in [2.45, 2.75) is 18.9 Å². The van der Waals surface area contributed by atoms with Gasteiger partial charge in [0.1, 0.15) is 5.82 Å². The Labute approximate surface area is 193 Å². The maximum Gasteiger partial charge on any atom is 0.264 e. The fourth-order valence-electron chi connectivity index (χ4n) is 4.29. The summed E-state index contributed by atoms with van der Waals surface area (Å²) in [4.78, 5) is 25.9. The van der Waals surface area contributed by atoms with Crippen molar-refractivity contribution in [1.82, 2.24) is 19.9 Å². The molecule has 1 aliphatic heterocycles. The SMILES string of the molecule is [C-]#[N+]c1cc(-c2ccc(F)nc2)c2nc([C@H]3CCCN3)n(-c3ccc(OC)c(F)c3)c(=O)c2c1. The summed E-state index contributed by atoms with van der Waals surface area (Å²) < 4.78 is 34.4. The van der Waals surface area contributed by atoms with Gasteiger partial charge in [-0.1, -0.05) is 0 Å². The largest absolute Gasteiger partial charge is 0.494 e. The Hall–Kier alpha value is -4.16. The Balaban J connectivity index is 1.85. The van der Waals surface area contributed by atoms with Crippen LogP contribution >= 0.6 is 0 Å². The average Bonchev–Trinajstić information content (AvgIpc) is 3.39. The van der Waals surface area contributed by atoms with Crippen molar-refractivity contribution in [2.24, 2.45) is 0 Å². The van der Waals surface area contributed by atoms with E-state index in [1.807, 2.05) is 0 Å². The van der Waals surface area contributed by atoms with E-state index in [0.717, 1.165) is 19.4 Å². The predicted molar refractivity (Wildman–Crippen MR) is 123 cm³/mol. The van der Waals surface area contributed by atoms with E-state index in [1.54, 1.807) is 12.1 Å². The molecule has 1 saturated heterocycles. The van der Waals surface area contributed by atoms with E-state index in [0.29, 0.717) is 28.2 Å². The van der Waals surface area contributed by atoms with E-state index in [4.69, 9.17) is 16.3 Å². The normalized spacial score (nSPS) is 15.4. The van der Waals surface area contributed by atoms with E-state index in [9.17, 15) is 13.6 Å². The molecular weight excluding hydrogens is 440 g/mol. The van der Waals surface area contributed by atoms with Crippen LogP contribution in [0.1, 0.15) is 24.7 Å². The molecule has 170 valence electrons. The predicted octanol–water partition coefficient (Wildman–Crippen LogP) is 4.71. The minimum absolute atomic E-state index is 0.0625. The third kappa shape index (κ3) is 3.68. The molecule has 0 amide bonds. The number of ether oxygens (including phenoxy) is 1. The molecule has 34 heavy (non-hydrogen) atoms. The third-order valence-corrected chi connectivity index (χ3v) is 5.92. The van der Waals surface area contributed by atoms with Gasteiger partial charge in [-0.25, -0.2) is 19.2 Å². The number of aromatic nitrogens is 3. The molecule has 0 bridgehead atoms. The van der Waals surface area contributed by atoms with Gasteiger partial charge >= 0.3 is 0 Å². The number of methoxy groups -OCH3 is 1. The van der Waals surface area contributed by atoms with Gasteiger partial charge in [-0.2, -0.15) is 4.39 Å². The van der Waals surface area contributed by atoms with Crippen LogP contribution in [-0.4, -0.2) is 28.2 Å². The van der Waals surface area contributed by atoms with Crippen molar-refractivity contribution < 1.29 is 13.5 Å². The molecule has 2 aromatic carbocycles. The second kappa shape index (κ2) is 8.65. The fourth-order valence-corrected chi connectivity index (χ4v) is 4.29. The van der Waals surface area contributed by atoms with Crippen molar-refractivity contribution in [3.05, 3.63) is 88.0 Å². The van der Waals surface area contributed by atoms with Crippen LogP contribution in [0.4, 0.5) is 14.5 Å². The molecular formula is C25H19F2N5O2. The molecule has 0 radical (unpaired) electrons. The number of pyridine rings is 1. The Morgan fingerprint density at radius 3 is 2.71 bits per heavy atom. The monoisotopic (exact) mass is 459 g/mol. The molecule has 5 rings (SSSR count). The van der Waals surface area contributed by atoms with Crippen LogP contribution in [0.3, 0.4) is 0 Å². The summed E-state index contributed by atoms with van der Waals surface area (Å²) in [7, 11) is 1.37. The van der Waals surface area contributed by atoms with Crippen LogP contribution < -0.4 is 15.6 Å². The summed E-state index contributed by atoms with van der Waals surface area (Å²) in [6.07, 6.45) is 3.00. The first kappa shape index (κ1) is 21.7. The molecule has 0 saturated carbocycles. The molecule has 1 N–H and O–H groups in total. The highest BCUT2D eigenvalue weighted by molar-refractivity contribution is 5.96. The second-order valence-electron chi connectivity index (χ2n) is 7.95. The Bertz CT molecular complexity index is 1500. The first-order valence-corrected chi connectivity index (χ1v) is 10.7. The average molecular weight is 459 g/mol. The van der Waals surface area contributed by atoms with Crippen molar-refractivity contribution in [3.63, 3.8) is 0 Å². The lowest BCUT2D eigenvalue weighted by Crippen LogP contribution is -2.29. The summed E-state index contributed by atoms with van der Waals surface area (Å²) in [5, 5.41) is 3.55. The molecule has 0 unspecified atom stereocenters. The smallest absolute Gasteiger partial charge is 0.264 e. The van der Waals surface area contributed by atoms with Gasteiger partial charge in [0.2, 0.25) is 5.95 Å². The van der Waals surface area contributed by atoms with Crippen LogP contribution in [0.2, 0.25) is 0 Å². The lowest BCUT2D eigenvalue weighted by Gasteiger charge is -2.20. The first-order chi connectivity index (χ1) is 16.5. The van der Waals surface area contributed by atoms with Gasteiger partial charge in [-0.15, -0.1) is 0 Å². The van der Waals surface area contributed by atoms with Gasteiger partial charge in [-0.3, -0.25) is 9.36 Å². The van der Waals surface area contributed by atoms with Crippen LogP contribution in [0.25, 0.3) is 32.6 Å². The highest BCUT2D eigenvalue weighted by atomic mass is 19.1. The lowest BCUT2D eigenvalue weighted by molar-refractivity contribution is 0.386.